The van der Waals surface area contributed by atoms with Gasteiger partial charge in [0.25, 0.3) is 0 Å². The number of halogens is 3. The molecule has 0 aliphatic heterocycles. The molecule has 0 atom stereocenters. The van der Waals surface area contributed by atoms with Crippen molar-refractivity contribution in [2.24, 2.45) is 0 Å². The van der Waals surface area contributed by atoms with Crippen molar-refractivity contribution < 1.29 is 13.2 Å². The van der Waals surface area contributed by atoms with Crippen molar-refractivity contribution in [1.82, 2.24) is 0 Å². The molecule has 0 unspecified atom stereocenters. The first kappa shape index (κ1) is 11.9. The van der Waals surface area contributed by atoms with Crippen molar-refractivity contribution in [2.45, 2.75) is 11.9 Å². The molecule has 0 saturated heterocycles. The van der Waals surface area contributed by atoms with Gasteiger partial charge in [-0.3, -0.25) is 0 Å². The van der Waals surface area contributed by atoms with Crippen LogP contribution in [0.4, 0.5) is 13.2 Å². The molecule has 0 saturated carbocycles. The van der Waals surface area contributed by atoms with Crippen LogP contribution in [0.5, 0.6) is 0 Å². The summed E-state index contributed by atoms with van der Waals surface area (Å²) >= 11 is 1.29. The second-order valence-corrected chi connectivity index (χ2v) is 3.78. The van der Waals surface area contributed by atoms with Crippen LogP contribution >= 0.6 is 11.8 Å². The largest absolute Gasteiger partial charge is 0.416 e. The van der Waals surface area contributed by atoms with Crippen molar-refractivity contribution in [2.75, 3.05) is 6.26 Å². The smallest absolute Gasteiger partial charge is 0.192 e. The van der Waals surface area contributed by atoms with Gasteiger partial charge < -0.3 is 0 Å². The third kappa shape index (κ3) is 2.90. The zero-order valence-electron chi connectivity index (χ0n) is 7.93. The van der Waals surface area contributed by atoms with Crippen molar-refractivity contribution in [3.05, 3.63) is 34.9 Å². The average molecular weight is 231 g/mol. The van der Waals surface area contributed by atoms with E-state index in [9.17, 15) is 13.2 Å². The Balaban J connectivity index is 3.22. The maximum absolute atomic E-state index is 12.5. The Labute approximate surface area is 89.9 Å². The molecule has 0 heterocycles. The van der Waals surface area contributed by atoms with E-state index in [0.717, 1.165) is 6.07 Å². The summed E-state index contributed by atoms with van der Waals surface area (Å²) in [5, 5.41) is 8.59. The lowest BCUT2D eigenvalue weighted by atomic mass is 10.1. The molecule has 0 N–H and O–H groups in total. The normalized spacial score (nSPS) is 11.1. The van der Waals surface area contributed by atoms with E-state index in [-0.39, 0.29) is 16.9 Å². The summed E-state index contributed by atoms with van der Waals surface area (Å²) in [5.41, 5.74) is -0.239. The molecule has 15 heavy (non-hydrogen) atoms. The minimum Gasteiger partial charge on any atom is -0.192 e. The summed E-state index contributed by atoms with van der Waals surface area (Å²) < 4.78 is 37.5. The Morgan fingerprint density at radius 1 is 1.40 bits per heavy atom. The van der Waals surface area contributed by atoms with Crippen molar-refractivity contribution in [3.63, 3.8) is 0 Å². The van der Waals surface area contributed by atoms with Crippen molar-refractivity contribution in [1.29, 1.82) is 5.26 Å². The number of nitrogens with zero attached hydrogens (tertiary/aromatic N) is 1. The number of hydrogen-bond acceptors (Lipinski definition) is 2. The van der Waals surface area contributed by atoms with E-state index in [4.69, 9.17) is 5.26 Å². The first-order valence-electron chi connectivity index (χ1n) is 4.08. The average Bonchev–Trinajstić information content (AvgIpc) is 2.16. The molecule has 0 bridgehead atoms. The summed E-state index contributed by atoms with van der Waals surface area (Å²) in [7, 11) is 0. The van der Waals surface area contributed by atoms with Crippen LogP contribution < -0.4 is 0 Å². The molecule has 1 aromatic rings. The second-order valence-electron chi connectivity index (χ2n) is 2.91. The van der Waals surface area contributed by atoms with Gasteiger partial charge in [0.05, 0.1) is 17.2 Å². The molecular formula is C10H8F3NS. The maximum Gasteiger partial charge on any atom is 0.416 e. The van der Waals surface area contributed by atoms with Gasteiger partial charge in [0.1, 0.15) is 0 Å². The molecule has 0 radical (unpaired) electrons. The molecule has 0 amide bonds. The van der Waals surface area contributed by atoms with Crippen LogP contribution in [0.15, 0.2) is 18.2 Å². The monoisotopic (exact) mass is 231 g/mol. The van der Waals surface area contributed by atoms with Gasteiger partial charge in [-0.25, -0.2) is 0 Å². The fourth-order valence-corrected chi connectivity index (χ4v) is 1.76. The number of nitriles is 1. The number of thioether (sulfide) groups is 1. The molecule has 0 aliphatic carbocycles. The minimum atomic E-state index is -4.35. The highest BCUT2D eigenvalue weighted by atomic mass is 32.2. The van der Waals surface area contributed by atoms with Crippen LogP contribution in [-0.2, 0) is 11.9 Å². The molecule has 1 nitrogen and oxygen atoms in total. The number of alkyl halides is 3. The van der Waals surface area contributed by atoms with Gasteiger partial charge in [0.15, 0.2) is 0 Å². The molecule has 80 valence electrons. The van der Waals surface area contributed by atoms with Crippen LogP contribution in [0.2, 0.25) is 0 Å². The third-order valence-corrected chi connectivity index (χ3v) is 2.44. The van der Waals surface area contributed by atoms with Gasteiger partial charge in [-0.15, -0.1) is 0 Å². The van der Waals surface area contributed by atoms with Gasteiger partial charge in [0.2, 0.25) is 0 Å². The second kappa shape index (κ2) is 4.58. The highest BCUT2D eigenvalue weighted by Crippen LogP contribution is 2.33. The quantitative estimate of drug-likeness (QED) is 0.778. The van der Waals surface area contributed by atoms with Gasteiger partial charge >= 0.3 is 6.18 Å². The van der Waals surface area contributed by atoms with Gasteiger partial charge in [-0.2, -0.15) is 30.2 Å². The third-order valence-electron chi connectivity index (χ3n) is 1.84. The summed E-state index contributed by atoms with van der Waals surface area (Å²) in [4.78, 5) is 0. The van der Waals surface area contributed by atoms with Gasteiger partial charge in [0, 0.05) is 5.75 Å². The zero-order valence-corrected chi connectivity index (χ0v) is 8.75. The molecule has 1 aromatic carbocycles. The van der Waals surface area contributed by atoms with E-state index in [1.165, 1.54) is 23.9 Å². The van der Waals surface area contributed by atoms with E-state index in [1.807, 2.05) is 6.07 Å². The molecule has 0 fully saturated rings. The Morgan fingerprint density at radius 2 is 2.07 bits per heavy atom. The van der Waals surface area contributed by atoms with E-state index in [2.05, 4.69) is 0 Å². The first-order valence-corrected chi connectivity index (χ1v) is 5.47. The highest BCUT2D eigenvalue weighted by molar-refractivity contribution is 7.97. The summed E-state index contributed by atoms with van der Waals surface area (Å²) in [6.45, 7) is 0. The maximum atomic E-state index is 12.5. The molecule has 1 rings (SSSR count). The Kier molecular flexibility index (Phi) is 3.64. The van der Waals surface area contributed by atoms with Crippen molar-refractivity contribution in [3.8, 4) is 6.07 Å². The van der Waals surface area contributed by atoms with Crippen LogP contribution in [0.1, 0.15) is 16.7 Å². The predicted molar refractivity (Wildman–Crippen MR) is 53.4 cm³/mol. The fraction of sp³-hybridized carbons (Fsp3) is 0.300. The lowest BCUT2D eigenvalue weighted by Crippen LogP contribution is -2.08. The van der Waals surface area contributed by atoms with E-state index in [0.29, 0.717) is 0 Å². The number of benzene rings is 1. The number of rotatable bonds is 2. The molecule has 0 spiro atoms. The standard InChI is InChI=1S/C10H8F3NS/c1-15-6-8-4-7(5-14)2-3-9(8)10(11,12)13/h2-4H,6H2,1H3. The van der Waals surface area contributed by atoms with Gasteiger partial charge in [-0.05, 0) is 30.0 Å². The molecule has 0 aliphatic rings. The Bertz CT molecular complexity index is 393. The molecule has 5 heteroatoms. The lowest BCUT2D eigenvalue weighted by Gasteiger charge is -2.11. The summed E-state index contributed by atoms with van der Waals surface area (Å²) in [6.07, 6.45) is -2.63. The van der Waals surface area contributed by atoms with Crippen LogP contribution in [0.3, 0.4) is 0 Å². The van der Waals surface area contributed by atoms with Crippen LogP contribution in [0, 0.1) is 11.3 Å². The fourth-order valence-electron chi connectivity index (χ4n) is 1.21. The SMILES string of the molecule is CSCc1cc(C#N)ccc1C(F)(F)F. The zero-order chi connectivity index (χ0) is 11.5. The highest BCUT2D eigenvalue weighted by Gasteiger charge is 2.32. The summed E-state index contributed by atoms with van der Waals surface area (Å²) in [6, 6.07) is 5.27. The first-order chi connectivity index (χ1) is 6.99. The molecule has 0 aromatic heterocycles. The predicted octanol–water partition coefficient (Wildman–Crippen LogP) is 3.44. The minimum absolute atomic E-state index is 0.161. The molecular weight excluding hydrogens is 223 g/mol. The number of hydrogen-bond donors (Lipinski definition) is 0. The topological polar surface area (TPSA) is 23.8 Å². The van der Waals surface area contributed by atoms with E-state index < -0.39 is 11.7 Å². The van der Waals surface area contributed by atoms with Crippen LogP contribution in [0.25, 0.3) is 0 Å². The van der Waals surface area contributed by atoms with Crippen molar-refractivity contribution >= 4 is 11.8 Å². The lowest BCUT2D eigenvalue weighted by molar-refractivity contribution is -0.138. The summed E-state index contributed by atoms with van der Waals surface area (Å²) in [5.74, 6) is 0.254. The Hall–Kier alpha value is -1.15. The van der Waals surface area contributed by atoms with Crippen LogP contribution in [-0.4, -0.2) is 6.26 Å². The van der Waals surface area contributed by atoms with Gasteiger partial charge in [-0.1, -0.05) is 0 Å². The van der Waals surface area contributed by atoms with E-state index >= 15 is 0 Å². The van der Waals surface area contributed by atoms with E-state index in [1.54, 1.807) is 6.26 Å². The Morgan fingerprint density at radius 3 is 2.53 bits per heavy atom.